The van der Waals surface area contributed by atoms with Crippen molar-refractivity contribution in [1.29, 1.82) is 0 Å². The van der Waals surface area contributed by atoms with Gasteiger partial charge in [0.05, 0.1) is 29.9 Å². The van der Waals surface area contributed by atoms with E-state index < -0.39 is 0 Å². The van der Waals surface area contributed by atoms with Gasteiger partial charge in [-0.25, -0.2) is 4.98 Å². The van der Waals surface area contributed by atoms with Crippen LogP contribution in [0.15, 0.2) is 29.6 Å². The number of Topliss-reactive ketones (excluding diaryl/α,β-unsaturated/α-hetero) is 1. The van der Waals surface area contributed by atoms with Gasteiger partial charge in [0, 0.05) is 42.3 Å². The molecule has 0 aliphatic carbocycles. The van der Waals surface area contributed by atoms with E-state index in [0.29, 0.717) is 17.4 Å². The third-order valence-corrected chi connectivity index (χ3v) is 7.21. The van der Waals surface area contributed by atoms with Crippen molar-refractivity contribution in [3.05, 3.63) is 39.7 Å². The number of carbonyl (C=O) groups is 1. The number of ether oxygens (including phenoxy) is 2. The van der Waals surface area contributed by atoms with E-state index in [1.807, 2.05) is 29.6 Å². The Bertz CT molecular complexity index is 903. The van der Waals surface area contributed by atoms with E-state index in [2.05, 4.69) is 25.7 Å². The Morgan fingerprint density at radius 3 is 2.66 bits per heavy atom. The Morgan fingerprint density at radius 2 is 1.97 bits per heavy atom. The van der Waals surface area contributed by atoms with Gasteiger partial charge in [-0.2, -0.15) is 0 Å². The topological polar surface area (TPSA) is 51.7 Å². The zero-order chi connectivity index (χ0) is 22.7. The first-order chi connectivity index (χ1) is 15.3. The van der Waals surface area contributed by atoms with Gasteiger partial charge in [-0.15, -0.1) is 11.3 Å². The molecule has 2 atom stereocenters. The van der Waals surface area contributed by atoms with Crippen molar-refractivity contribution in [2.24, 2.45) is 5.92 Å². The van der Waals surface area contributed by atoms with Gasteiger partial charge >= 0.3 is 0 Å². The largest absolute Gasteiger partial charge is 0.381 e. The van der Waals surface area contributed by atoms with Crippen LogP contribution in [-0.4, -0.2) is 59.7 Å². The normalized spacial score (nSPS) is 23.0. The fraction of sp³-hybridized carbons (Fsp3) is 0.600. The predicted molar refractivity (Wildman–Crippen MR) is 129 cm³/mol. The SMILES string of the molecule is CC(C)(C)O[C@@H]1C[C@@H](C(=O)Cc2nc(-c3ccc(Cl)cc3)cs2)N(CC2CCOCC2)C1. The van der Waals surface area contributed by atoms with Gasteiger partial charge in [0.1, 0.15) is 5.01 Å². The van der Waals surface area contributed by atoms with E-state index in [1.54, 1.807) is 11.3 Å². The highest BCUT2D eigenvalue weighted by molar-refractivity contribution is 7.10. The molecule has 5 nitrogen and oxygen atoms in total. The minimum atomic E-state index is -0.213. The number of thiazole rings is 1. The van der Waals surface area contributed by atoms with Crippen LogP contribution in [-0.2, 0) is 20.7 Å². The second-order valence-corrected chi connectivity index (χ2v) is 11.3. The van der Waals surface area contributed by atoms with Crippen molar-refractivity contribution in [2.75, 3.05) is 26.3 Å². The van der Waals surface area contributed by atoms with Crippen LogP contribution < -0.4 is 0 Å². The van der Waals surface area contributed by atoms with Crippen LogP contribution in [0.4, 0.5) is 0 Å². The van der Waals surface area contributed by atoms with Crippen LogP contribution >= 0.6 is 22.9 Å². The lowest BCUT2D eigenvalue weighted by molar-refractivity contribution is -0.123. The molecule has 1 aromatic heterocycles. The molecule has 32 heavy (non-hydrogen) atoms. The Hall–Kier alpha value is -1.31. The van der Waals surface area contributed by atoms with E-state index in [-0.39, 0.29) is 23.5 Å². The quantitative estimate of drug-likeness (QED) is 0.545. The third kappa shape index (κ3) is 6.39. The highest BCUT2D eigenvalue weighted by Crippen LogP contribution is 2.30. The van der Waals surface area contributed by atoms with Crippen molar-refractivity contribution in [1.82, 2.24) is 9.88 Å². The van der Waals surface area contributed by atoms with Crippen LogP contribution in [0.2, 0.25) is 5.02 Å². The van der Waals surface area contributed by atoms with Crippen LogP contribution in [0.25, 0.3) is 11.3 Å². The summed E-state index contributed by atoms with van der Waals surface area (Å²) in [4.78, 5) is 20.5. The molecule has 7 heteroatoms. The third-order valence-electron chi connectivity index (χ3n) is 6.11. The molecule has 4 rings (SSSR count). The fourth-order valence-corrected chi connectivity index (χ4v) is 5.60. The first kappa shape index (κ1) is 23.8. The maximum absolute atomic E-state index is 13.4. The summed E-state index contributed by atoms with van der Waals surface area (Å²) in [6.45, 7) is 9.66. The first-order valence-corrected chi connectivity index (χ1v) is 12.8. The Morgan fingerprint density at radius 1 is 1.25 bits per heavy atom. The lowest BCUT2D eigenvalue weighted by Gasteiger charge is -2.30. The summed E-state index contributed by atoms with van der Waals surface area (Å²) in [6, 6.07) is 7.55. The summed E-state index contributed by atoms with van der Waals surface area (Å²) in [5, 5.41) is 3.59. The molecule has 2 aliphatic rings. The number of hydrogen-bond acceptors (Lipinski definition) is 6. The zero-order valence-corrected chi connectivity index (χ0v) is 20.8. The lowest BCUT2D eigenvalue weighted by atomic mass is 9.98. The average molecular weight is 477 g/mol. The van der Waals surface area contributed by atoms with Crippen LogP contribution in [0, 0.1) is 5.92 Å². The van der Waals surface area contributed by atoms with E-state index in [0.717, 1.165) is 61.8 Å². The molecule has 0 N–H and O–H groups in total. The van der Waals surface area contributed by atoms with E-state index in [9.17, 15) is 4.79 Å². The molecule has 2 fully saturated rings. The summed E-state index contributed by atoms with van der Waals surface area (Å²) in [5.41, 5.74) is 1.70. The number of benzene rings is 1. The number of rotatable bonds is 7. The summed E-state index contributed by atoms with van der Waals surface area (Å²) < 4.78 is 11.8. The summed E-state index contributed by atoms with van der Waals surface area (Å²) in [6.07, 6.45) is 3.35. The molecular formula is C25H33ClN2O3S. The van der Waals surface area contributed by atoms with Gasteiger partial charge in [-0.1, -0.05) is 23.7 Å². The summed E-state index contributed by atoms with van der Waals surface area (Å²) in [7, 11) is 0. The maximum Gasteiger partial charge on any atom is 0.156 e. The number of aromatic nitrogens is 1. The molecule has 2 aromatic rings. The summed E-state index contributed by atoms with van der Waals surface area (Å²) >= 11 is 7.55. The molecule has 0 saturated carbocycles. The number of nitrogens with zero attached hydrogens (tertiary/aromatic N) is 2. The monoisotopic (exact) mass is 476 g/mol. The van der Waals surface area contributed by atoms with Crippen molar-refractivity contribution < 1.29 is 14.3 Å². The molecule has 0 spiro atoms. The van der Waals surface area contributed by atoms with Gasteiger partial charge in [-0.3, -0.25) is 9.69 Å². The first-order valence-electron chi connectivity index (χ1n) is 11.5. The van der Waals surface area contributed by atoms with Crippen molar-refractivity contribution >= 4 is 28.7 Å². The van der Waals surface area contributed by atoms with E-state index >= 15 is 0 Å². The molecule has 0 amide bonds. The van der Waals surface area contributed by atoms with Gasteiger partial charge in [0.25, 0.3) is 0 Å². The van der Waals surface area contributed by atoms with Gasteiger partial charge in [0.15, 0.2) is 5.78 Å². The van der Waals surface area contributed by atoms with Gasteiger partial charge < -0.3 is 9.47 Å². The Labute approximate surface area is 200 Å². The molecule has 174 valence electrons. The Kier molecular flexibility index (Phi) is 7.68. The minimum Gasteiger partial charge on any atom is -0.381 e. The van der Waals surface area contributed by atoms with Crippen LogP contribution in [0.5, 0.6) is 0 Å². The average Bonchev–Trinajstić information content (AvgIpc) is 3.35. The molecule has 0 radical (unpaired) electrons. The number of hydrogen-bond donors (Lipinski definition) is 0. The highest BCUT2D eigenvalue weighted by atomic mass is 35.5. The number of carbonyl (C=O) groups excluding carboxylic acids is 1. The highest BCUT2D eigenvalue weighted by Gasteiger charge is 2.39. The molecule has 2 saturated heterocycles. The fourth-order valence-electron chi connectivity index (χ4n) is 4.66. The lowest BCUT2D eigenvalue weighted by Crippen LogP contribution is -2.41. The molecule has 0 unspecified atom stereocenters. The smallest absolute Gasteiger partial charge is 0.156 e. The van der Waals surface area contributed by atoms with Crippen LogP contribution in [0.1, 0.15) is 45.0 Å². The van der Waals surface area contributed by atoms with Crippen molar-refractivity contribution in [3.8, 4) is 11.3 Å². The summed E-state index contributed by atoms with van der Waals surface area (Å²) in [5.74, 6) is 0.831. The van der Waals surface area contributed by atoms with Crippen molar-refractivity contribution in [2.45, 2.75) is 64.2 Å². The van der Waals surface area contributed by atoms with Crippen LogP contribution in [0.3, 0.4) is 0 Å². The molecule has 1 aromatic carbocycles. The molecular weight excluding hydrogens is 444 g/mol. The molecule has 3 heterocycles. The number of halogens is 1. The standard InChI is InChI=1S/C25H33ClN2O3S/c1-25(2,3)31-20-12-22(28(15-20)14-17-8-10-30-11-9-17)23(29)13-24-27-21(16-32-24)18-4-6-19(26)7-5-18/h4-7,16-17,20,22H,8-15H2,1-3H3/t20-,22+/m1/s1. The van der Waals surface area contributed by atoms with E-state index in [1.165, 1.54) is 0 Å². The second kappa shape index (κ2) is 10.3. The predicted octanol–water partition coefficient (Wildman–Crippen LogP) is 5.26. The number of likely N-dealkylation sites (tertiary alicyclic amines) is 1. The number of ketones is 1. The van der Waals surface area contributed by atoms with Gasteiger partial charge in [-0.05, 0) is 58.1 Å². The Balaban J connectivity index is 1.43. The minimum absolute atomic E-state index is 0.0877. The molecule has 0 bridgehead atoms. The van der Waals surface area contributed by atoms with Gasteiger partial charge in [0.2, 0.25) is 0 Å². The van der Waals surface area contributed by atoms with E-state index in [4.69, 9.17) is 26.1 Å². The van der Waals surface area contributed by atoms with Crippen molar-refractivity contribution in [3.63, 3.8) is 0 Å². The molecule has 2 aliphatic heterocycles. The zero-order valence-electron chi connectivity index (χ0n) is 19.2. The second-order valence-electron chi connectivity index (χ2n) is 9.89. The maximum atomic E-state index is 13.4.